The highest BCUT2D eigenvalue weighted by molar-refractivity contribution is 6.47. The predicted octanol–water partition coefficient (Wildman–Crippen LogP) is 3.08. The lowest BCUT2D eigenvalue weighted by Gasteiger charge is -2.11. The second-order valence-electron chi connectivity index (χ2n) is 6.53. The first-order valence-corrected chi connectivity index (χ1v) is 9.24. The van der Waals surface area contributed by atoms with E-state index in [0.717, 1.165) is 16.7 Å². The Morgan fingerprint density at radius 2 is 1.60 bits per heavy atom. The molecule has 2 aromatic rings. The van der Waals surface area contributed by atoms with E-state index in [9.17, 15) is 4.79 Å². The molecule has 0 aliphatic carbocycles. The van der Waals surface area contributed by atoms with E-state index < -0.39 is 5.91 Å². The van der Waals surface area contributed by atoms with Crippen LogP contribution in [0.15, 0.2) is 57.9 Å². The Kier molecular flexibility index (Phi) is 8.10. The van der Waals surface area contributed by atoms with Gasteiger partial charge in [-0.2, -0.15) is 0 Å². The van der Waals surface area contributed by atoms with Crippen molar-refractivity contribution in [2.45, 2.75) is 27.4 Å². The van der Waals surface area contributed by atoms with Gasteiger partial charge in [-0.05, 0) is 26.3 Å². The van der Waals surface area contributed by atoms with Gasteiger partial charge in [0.15, 0.2) is 5.71 Å². The molecule has 0 radical (unpaired) electrons. The quantitative estimate of drug-likeness (QED) is 0.506. The Labute approximate surface area is 176 Å². The lowest BCUT2D eigenvalue weighted by Crippen LogP contribution is -2.25. The Bertz CT molecular complexity index is 996. The smallest absolute Gasteiger partial charge is 0.271 e. The number of carbonyl (C=O) groups is 1. The van der Waals surface area contributed by atoms with E-state index >= 15 is 0 Å². The summed E-state index contributed by atoms with van der Waals surface area (Å²) >= 11 is 0. The molecular formula is C22H26N4O4. The van der Waals surface area contributed by atoms with Gasteiger partial charge in [-0.25, -0.2) is 0 Å². The zero-order valence-electron chi connectivity index (χ0n) is 17.8. The number of amides is 1. The maximum absolute atomic E-state index is 11.7. The number of oxime groups is 3. The van der Waals surface area contributed by atoms with Crippen molar-refractivity contribution in [2.75, 3.05) is 14.2 Å². The molecule has 0 aliphatic heterocycles. The standard InChI is InChI=1S/C22H26N4O4/c1-14-10-11-18(15(2)12-14)20(25-28-4)16(3)24-30-13-17-8-6-7-9-19(17)21(22(23)27)26-29-5/h6-12H,13H2,1-5H3,(H2,23,27)/b24-16-,25-20+,26-21-. The van der Waals surface area contributed by atoms with Crippen LogP contribution in [0.2, 0.25) is 0 Å². The van der Waals surface area contributed by atoms with Crippen LogP contribution in [0.25, 0.3) is 0 Å². The minimum atomic E-state index is -0.701. The molecule has 30 heavy (non-hydrogen) atoms. The van der Waals surface area contributed by atoms with Crippen LogP contribution in [-0.2, 0) is 25.9 Å². The fourth-order valence-electron chi connectivity index (χ4n) is 2.92. The van der Waals surface area contributed by atoms with Gasteiger partial charge in [-0.1, -0.05) is 63.5 Å². The zero-order valence-corrected chi connectivity index (χ0v) is 17.8. The monoisotopic (exact) mass is 410 g/mol. The van der Waals surface area contributed by atoms with E-state index in [1.165, 1.54) is 14.2 Å². The highest BCUT2D eigenvalue weighted by Crippen LogP contribution is 2.15. The summed E-state index contributed by atoms with van der Waals surface area (Å²) in [6, 6.07) is 13.1. The molecule has 2 rings (SSSR count). The maximum atomic E-state index is 11.7. The lowest BCUT2D eigenvalue weighted by molar-refractivity contribution is -0.112. The Balaban J connectivity index is 2.27. The molecule has 0 unspecified atom stereocenters. The van der Waals surface area contributed by atoms with Crippen molar-refractivity contribution in [2.24, 2.45) is 21.2 Å². The van der Waals surface area contributed by atoms with Crippen LogP contribution in [0.3, 0.4) is 0 Å². The Morgan fingerprint density at radius 1 is 0.933 bits per heavy atom. The highest BCUT2D eigenvalue weighted by Gasteiger charge is 2.16. The van der Waals surface area contributed by atoms with Gasteiger partial charge in [0.1, 0.15) is 32.2 Å². The average Bonchev–Trinajstić information content (AvgIpc) is 2.71. The van der Waals surface area contributed by atoms with Crippen molar-refractivity contribution in [3.63, 3.8) is 0 Å². The van der Waals surface area contributed by atoms with Gasteiger partial charge in [-0.3, -0.25) is 4.79 Å². The third-order valence-electron chi connectivity index (χ3n) is 4.27. The van der Waals surface area contributed by atoms with Crippen LogP contribution in [0, 0.1) is 13.8 Å². The molecule has 0 atom stereocenters. The van der Waals surface area contributed by atoms with Crippen molar-refractivity contribution in [3.05, 3.63) is 70.3 Å². The molecule has 0 aromatic heterocycles. The van der Waals surface area contributed by atoms with Crippen LogP contribution in [0.4, 0.5) is 0 Å². The van der Waals surface area contributed by atoms with Crippen molar-refractivity contribution in [3.8, 4) is 0 Å². The van der Waals surface area contributed by atoms with Gasteiger partial charge in [0, 0.05) is 16.7 Å². The van der Waals surface area contributed by atoms with Gasteiger partial charge in [0.25, 0.3) is 5.91 Å². The Morgan fingerprint density at radius 3 is 2.23 bits per heavy atom. The third kappa shape index (κ3) is 5.66. The van der Waals surface area contributed by atoms with Gasteiger partial charge in [0.2, 0.25) is 0 Å². The molecule has 2 N–H and O–H groups in total. The number of primary amides is 1. The highest BCUT2D eigenvalue weighted by atomic mass is 16.6. The van der Waals surface area contributed by atoms with Crippen molar-refractivity contribution in [1.82, 2.24) is 0 Å². The minimum absolute atomic E-state index is 0.00863. The molecule has 0 fully saturated rings. The SMILES string of the molecule is CO/N=C(\C(C)=N/OCc1ccccc1/C(=N/OC)C(N)=O)c1ccc(C)cc1C. The molecule has 0 bridgehead atoms. The fourth-order valence-corrected chi connectivity index (χ4v) is 2.92. The normalized spacial score (nSPS) is 12.5. The van der Waals surface area contributed by atoms with Crippen LogP contribution in [0.1, 0.15) is 34.7 Å². The van der Waals surface area contributed by atoms with Crippen molar-refractivity contribution < 1.29 is 19.3 Å². The molecule has 0 saturated heterocycles. The fraction of sp³-hybridized carbons (Fsp3) is 0.273. The van der Waals surface area contributed by atoms with E-state index in [1.807, 2.05) is 32.0 Å². The predicted molar refractivity (Wildman–Crippen MR) is 117 cm³/mol. The summed E-state index contributed by atoms with van der Waals surface area (Å²) in [5, 5.41) is 12.0. The number of carbonyl (C=O) groups excluding carboxylic acids is 1. The minimum Gasteiger partial charge on any atom is -0.399 e. The zero-order chi connectivity index (χ0) is 22.1. The first kappa shape index (κ1) is 22.6. The largest absolute Gasteiger partial charge is 0.399 e. The number of hydrogen-bond donors (Lipinski definition) is 1. The first-order chi connectivity index (χ1) is 14.4. The van der Waals surface area contributed by atoms with Gasteiger partial charge in [0.05, 0.1) is 0 Å². The van der Waals surface area contributed by atoms with Gasteiger partial charge in [-0.15, -0.1) is 0 Å². The number of hydrogen-bond acceptors (Lipinski definition) is 7. The van der Waals surface area contributed by atoms with Crippen molar-refractivity contribution in [1.29, 1.82) is 0 Å². The lowest BCUT2D eigenvalue weighted by atomic mass is 9.99. The van der Waals surface area contributed by atoms with E-state index in [4.69, 9.17) is 20.2 Å². The number of nitrogens with two attached hydrogens (primary N) is 1. The van der Waals surface area contributed by atoms with E-state index in [1.54, 1.807) is 25.1 Å². The van der Waals surface area contributed by atoms with Crippen molar-refractivity contribution >= 4 is 23.0 Å². The molecule has 8 heteroatoms. The molecule has 1 amide bonds. The molecule has 8 nitrogen and oxygen atoms in total. The van der Waals surface area contributed by atoms with E-state index in [0.29, 0.717) is 22.6 Å². The maximum Gasteiger partial charge on any atom is 0.271 e. The second-order valence-corrected chi connectivity index (χ2v) is 6.53. The summed E-state index contributed by atoms with van der Waals surface area (Å²) in [6.07, 6.45) is 0. The second kappa shape index (κ2) is 10.8. The Hall–Kier alpha value is -3.68. The number of nitrogens with zero attached hydrogens (tertiary/aromatic N) is 3. The van der Waals surface area contributed by atoms with Gasteiger partial charge < -0.3 is 20.2 Å². The summed E-state index contributed by atoms with van der Waals surface area (Å²) < 4.78 is 0. The molecule has 0 saturated carbocycles. The number of aryl methyl sites for hydroxylation is 2. The summed E-state index contributed by atoms with van der Waals surface area (Å²) in [6.45, 7) is 5.90. The molecular weight excluding hydrogens is 384 g/mol. The summed E-state index contributed by atoms with van der Waals surface area (Å²) in [5.74, 6) is -0.701. The summed E-state index contributed by atoms with van der Waals surface area (Å²) in [5.41, 5.74) is 10.8. The van der Waals surface area contributed by atoms with E-state index in [2.05, 4.69) is 21.5 Å². The summed E-state index contributed by atoms with van der Waals surface area (Å²) in [4.78, 5) is 27.0. The van der Waals surface area contributed by atoms with E-state index in [-0.39, 0.29) is 12.3 Å². The summed E-state index contributed by atoms with van der Waals surface area (Å²) in [7, 11) is 2.83. The van der Waals surface area contributed by atoms with Crippen LogP contribution in [0.5, 0.6) is 0 Å². The third-order valence-corrected chi connectivity index (χ3v) is 4.27. The molecule has 0 aliphatic rings. The molecule has 158 valence electrons. The molecule has 2 aromatic carbocycles. The first-order valence-electron chi connectivity index (χ1n) is 9.24. The van der Waals surface area contributed by atoms with Crippen LogP contribution in [-0.4, -0.2) is 37.3 Å². The van der Waals surface area contributed by atoms with Crippen LogP contribution >= 0.6 is 0 Å². The van der Waals surface area contributed by atoms with Crippen LogP contribution < -0.4 is 5.73 Å². The number of rotatable bonds is 9. The van der Waals surface area contributed by atoms with Gasteiger partial charge >= 0.3 is 0 Å². The topological polar surface area (TPSA) is 108 Å². The molecule has 0 heterocycles. The number of benzene rings is 2. The average molecular weight is 410 g/mol. The molecule has 0 spiro atoms.